The van der Waals surface area contributed by atoms with Gasteiger partial charge < -0.3 is 15.3 Å². The molecule has 2 saturated heterocycles. The summed E-state index contributed by atoms with van der Waals surface area (Å²) in [5.41, 5.74) is 0.134. The molecule has 2 heterocycles. The van der Waals surface area contributed by atoms with Crippen LogP contribution in [-0.2, 0) is 0 Å². The minimum atomic E-state index is -0.135. The lowest BCUT2D eigenvalue weighted by Gasteiger charge is -2.58. The first-order valence-corrected chi connectivity index (χ1v) is 6.60. The van der Waals surface area contributed by atoms with Crippen LogP contribution in [0, 0.1) is 10.8 Å². The fourth-order valence-electron chi connectivity index (χ4n) is 3.86. The summed E-state index contributed by atoms with van der Waals surface area (Å²) in [6.07, 6.45) is 3.46. The number of hydrogen-bond donors (Lipinski definition) is 2. The number of nitrogens with one attached hydrogen (secondary N) is 1. The Bertz CT molecular complexity index is 258. The molecule has 0 radical (unpaired) electrons. The molecule has 2 fully saturated rings. The van der Waals surface area contributed by atoms with Gasteiger partial charge in [-0.15, -0.1) is 0 Å². The second kappa shape index (κ2) is 4.28. The zero-order chi connectivity index (χ0) is 11.8. The van der Waals surface area contributed by atoms with Gasteiger partial charge >= 0.3 is 0 Å². The van der Waals surface area contributed by atoms with E-state index in [1.54, 1.807) is 0 Å². The molecular weight excluding hydrogens is 200 g/mol. The number of piperidine rings is 2. The summed E-state index contributed by atoms with van der Waals surface area (Å²) < 4.78 is 0. The third-order valence-corrected chi connectivity index (χ3v) is 4.49. The lowest BCUT2D eigenvalue weighted by molar-refractivity contribution is -0.147. The molecule has 3 heteroatoms. The Labute approximate surface area is 99.2 Å². The normalized spacial score (nSPS) is 44.6. The van der Waals surface area contributed by atoms with Gasteiger partial charge in [-0.05, 0) is 13.5 Å². The van der Waals surface area contributed by atoms with E-state index in [9.17, 15) is 5.11 Å². The number of aliphatic hydroxyl groups excluding tert-OH is 1. The fourth-order valence-corrected chi connectivity index (χ4v) is 3.86. The number of rotatable bonds is 3. The van der Waals surface area contributed by atoms with Crippen LogP contribution in [0.1, 0.15) is 33.1 Å². The average Bonchev–Trinajstić information content (AvgIpc) is 2.20. The highest BCUT2D eigenvalue weighted by molar-refractivity contribution is 5.07. The lowest BCUT2D eigenvalue weighted by Crippen LogP contribution is -2.69. The molecule has 3 nitrogen and oxygen atoms in total. The first kappa shape index (κ1) is 12.3. The van der Waals surface area contributed by atoms with Crippen molar-refractivity contribution in [3.63, 3.8) is 0 Å². The molecule has 3 atom stereocenters. The molecule has 0 aliphatic carbocycles. The van der Waals surface area contributed by atoms with Crippen molar-refractivity contribution in [2.24, 2.45) is 10.8 Å². The van der Waals surface area contributed by atoms with Gasteiger partial charge in [0.15, 0.2) is 0 Å². The first-order chi connectivity index (χ1) is 7.52. The van der Waals surface area contributed by atoms with E-state index < -0.39 is 0 Å². The summed E-state index contributed by atoms with van der Waals surface area (Å²) in [5.74, 6) is 0. The van der Waals surface area contributed by atoms with Crippen molar-refractivity contribution < 1.29 is 5.11 Å². The van der Waals surface area contributed by atoms with Crippen molar-refractivity contribution in [2.75, 3.05) is 33.2 Å². The molecule has 94 valence electrons. The van der Waals surface area contributed by atoms with E-state index in [0.29, 0.717) is 0 Å². The van der Waals surface area contributed by atoms with Gasteiger partial charge in [0, 0.05) is 37.0 Å². The number of likely N-dealkylation sites (tertiary alicyclic amines) is 1. The second-order valence-corrected chi connectivity index (χ2v) is 6.30. The quantitative estimate of drug-likeness (QED) is 0.756. The molecule has 1 unspecified atom stereocenters. The van der Waals surface area contributed by atoms with Gasteiger partial charge in [-0.3, -0.25) is 0 Å². The third-order valence-electron chi connectivity index (χ3n) is 4.49. The highest BCUT2D eigenvalue weighted by atomic mass is 16.3. The topological polar surface area (TPSA) is 35.5 Å². The summed E-state index contributed by atoms with van der Waals surface area (Å²) in [6.45, 7) is 8.43. The van der Waals surface area contributed by atoms with Gasteiger partial charge in [-0.25, -0.2) is 0 Å². The predicted molar refractivity (Wildman–Crippen MR) is 66.4 cm³/mol. The molecule has 2 N–H and O–H groups in total. The predicted octanol–water partition coefficient (Wildman–Crippen LogP) is 1.08. The molecule has 0 spiro atoms. The molecule has 0 amide bonds. The molecule has 0 saturated carbocycles. The maximum absolute atomic E-state index is 10.7. The first-order valence-electron chi connectivity index (χ1n) is 6.60. The maximum Gasteiger partial charge on any atom is 0.0698 e. The van der Waals surface area contributed by atoms with Gasteiger partial charge in [-0.2, -0.15) is 0 Å². The zero-order valence-electron chi connectivity index (χ0n) is 10.9. The van der Waals surface area contributed by atoms with E-state index in [-0.39, 0.29) is 16.9 Å². The third kappa shape index (κ3) is 1.89. The SMILES string of the molecule is CCCC[C@]12CNCC(C)(CN(C)C1)[C@@H]2O. The van der Waals surface area contributed by atoms with Gasteiger partial charge in [0.2, 0.25) is 0 Å². The summed E-state index contributed by atoms with van der Waals surface area (Å²) in [7, 11) is 2.19. The van der Waals surface area contributed by atoms with Gasteiger partial charge in [0.1, 0.15) is 0 Å². The molecule has 16 heavy (non-hydrogen) atoms. The Morgan fingerprint density at radius 2 is 2.12 bits per heavy atom. The minimum Gasteiger partial charge on any atom is -0.392 e. The molecule has 0 aromatic carbocycles. The Balaban J connectivity index is 2.20. The van der Waals surface area contributed by atoms with Crippen LogP contribution in [0.5, 0.6) is 0 Å². The summed E-state index contributed by atoms with van der Waals surface area (Å²) in [4.78, 5) is 2.41. The Hall–Kier alpha value is -0.120. The van der Waals surface area contributed by atoms with Crippen LogP contribution < -0.4 is 5.32 Å². The van der Waals surface area contributed by atoms with Crippen molar-refractivity contribution in [1.82, 2.24) is 10.2 Å². The van der Waals surface area contributed by atoms with E-state index in [1.165, 1.54) is 12.8 Å². The lowest BCUT2D eigenvalue weighted by atomic mass is 9.61. The number of hydrogen-bond acceptors (Lipinski definition) is 3. The van der Waals surface area contributed by atoms with Crippen LogP contribution in [0.4, 0.5) is 0 Å². The van der Waals surface area contributed by atoms with Crippen LogP contribution >= 0.6 is 0 Å². The molecule has 2 aliphatic heterocycles. The van der Waals surface area contributed by atoms with Crippen molar-refractivity contribution in [2.45, 2.75) is 39.2 Å². The van der Waals surface area contributed by atoms with Crippen molar-refractivity contribution >= 4 is 0 Å². The summed E-state index contributed by atoms with van der Waals surface area (Å²) in [6, 6.07) is 0. The average molecular weight is 226 g/mol. The van der Waals surface area contributed by atoms with Crippen LogP contribution in [0.15, 0.2) is 0 Å². The van der Waals surface area contributed by atoms with E-state index in [0.717, 1.165) is 32.6 Å². The molecular formula is C13H26N2O. The number of nitrogens with zero attached hydrogens (tertiary/aromatic N) is 1. The standard InChI is InChI=1S/C13H26N2O/c1-4-5-6-13-8-14-7-12(2,11(13)16)9-15(3)10-13/h11,14,16H,4-10H2,1-3H3/t11-,12?,13-/m0/s1. The van der Waals surface area contributed by atoms with Crippen LogP contribution in [-0.4, -0.2) is 49.3 Å². The van der Waals surface area contributed by atoms with Gasteiger partial charge in [0.05, 0.1) is 6.10 Å². The largest absolute Gasteiger partial charge is 0.392 e. The molecule has 2 rings (SSSR count). The van der Waals surface area contributed by atoms with Crippen molar-refractivity contribution in [3.8, 4) is 0 Å². The monoisotopic (exact) mass is 226 g/mol. The van der Waals surface area contributed by atoms with E-state index in [1.807, 2.05) is 0 Å². The fraction of sp³-hybridized carbons (Fsp3) is 1.00. The maximum atomic E-state index is 10.7. The molecule has 0 aromatic rings. The second-order valence-electron chi connectivity index (χ2n) is 6.30. The van der Waals surface area contributed by atoms with Crippen LogP contribution in [0.25, 0.3) is 0 Å². The van der Waals surface area contributed by atoms with Crippen molar-refractivity contribution in [1.29, 1.82) is 0 Å². The Morgan fingerprint density at radius 1 is 1.38 bits per heavy atom. The van der Waals surface area contributed by atoms with E-state index in [4.69, 9.17) is 0 Å². The summed E-state index contributed by atoms with van der Waals surface area (Å²) >= 11 is 0. The minimum absolute atomic E-state index is 0.0407. The zero-order valence-corrected chi connectivity index (χ0v) is 10.9. The number of fused-ring (bicyclic) bond motifs is 2. The highest BCUT2D eigenvalue weighted by Crippen LogP contribution is 2.45. The van der Waals surface area contributed by atoms with Crippen LogP contribution in [0.3, 0.4) is 0 Å². The Morgan fingerprint density at radius 3 is 2.81 bits per heavy atom. The number of unbranched alkanes of at least 4 members (excludes halogenated alkanes) is 1. The molecule has 2 aliphatic rings. The van der Waals surface area contributed by atoms with E-state index in [2.05, 4.69) is 31.1 Å². The van der Waals surface area contributed by atoms with E-state index >= 15 is 0 Å². The smallest absolute Gasteiger partial charge is 0.0698 e. The Kier molecular flexibility index (Phi) is 3.30. The highest BCUT2D eigenvalue weighted by Gasteiger charge is 2.54. The molecule has 0 aromatic heterocycles. The number of aliphatic hydroxyl groups is 1. The molecule has 2 bridgehead atoms. The van der Waals surface area contributed by atoms with Gasteiger partial charge in [-0.1, -0.05) is 26.7 Å². The van der Waals surface area contributed by atoms with Crippen molar-refractivity contribution in [3.05, 3.63) is 0 Å². The van der Waals surface area contributed by atoms with Crippen LogP contribution in [0.2, 0.25) is 0 Å². The van der Waals surface area contributed by atoms with Gasteiger partial charge in [0.25, 0.3) is 0 Å². The summed E-state index contributed by atoms with van der Waals surface area (Å²) in [5, 5.41) is 14.2.